The Bertz CT molecular complexity index is 523. The number of amides is 1. The largest absolute Gasteiger partial charge is 0.586 e. The van der Waals surface area contributed by atoms with Gasteiger partial charge in [0.05, 0.1) is 6.54 Å². The summed E-state index contributed by atoms with van der Waals surface area (Å²) in [6.45, 7) is 4.04. The lowest BCUT2D eigenvalue weighted by Gasteiger charge is -2.13. The summed E-state index contributed by atoms with van der Waals surface area (Å²) >= 11 is 0. The van der Waals surface area contributed by atoms with Gasteiger partial charge in [0.15, 0.2) is 11.5 Å². The summed E-state index contributed by atoms with van der Waals surface area (Å²) in [6.07, 6.45) is -1.73. The molecule has 21 heavy (non-hydrogen) atoms. The van der Waals surface area contributed by atoms with Crippen LogP contribution in [0.5, 0.6) is 11.5 Å². The Morgan fingerprint density at radius 3 is 2.76 bits per heavy atom. The molecule has 1 heterocycles. The van der Waals surface area contributed by atoms with E-state index < -0.39 is 6.29 Å². The molecule has 116 valence electrons. The van der Waals surface area contributed by atoms with Crippen molar-refractivity contribution in [3.63, 3.8) is 0 Å². The minimum atomic E-state index is -3.63. The van der Waals surface area contributed by atoms with Gasteiger partial charge in [0, 0.05) is 17.8 Å². The normalized spacial score (nSPS) is 16.4. The second-order valence-electron chi connectivity index (χ2n) is 4.94. The number of ether oxygens (including phenoxy) is 2. The maximum absolute atomic E-state index is 12.9. The van der Waals surface area contributed by atoms with Gasteiger partial charge < -0.3 is 20.1 Å². The molecule has 7 heteroatoms. The van der Waals surface area contributed by atoms with E-state index in [1.54, 1.807) is 6.07 Å². The number of anilines is 1. The number of alkyl halides is 2. The average molecular weight is 300 g/mol. The fourth-order valence-corrected chi connectivity index (χ4v) is 2.07. The first-order valence-corrected chi connectivity index (χ1v) is 6.83. The Morgan fingerprint density at radius 1 is 1.33 bits per heavy atom. The van der Waals surface area contributed by atoms with Crippen molar-refractivity contribution >= 4 is 11.6 Å². The average Bonchev–Trinajstić information content (AvgIpc) is 2.69. The monoisotopic (exact) mass is 300 g/mol. The van der Waals surface area contributed by atoms with Gasteiger partial charge in [-0.25, -0.2) is 0 Å². The first-order chi connectivity index (χ1) is 9.89. The van der Waals surface area contributed by atoms with Gasteiger partial charge in [-0.1, -0.05) is 13.3 Å². The Hall–Kier alpha value is -2.05. The van der Waals surface area contributed by atoms with E-state index in [1.165, 1.54) is 12.1 Å². The molecule has 1 amide bonds. The number of carbonyl (C=O) groups is 1. The van der Waals surface area contributed by atoms with Crippen LogP contribution in [0.3, 0.4) is 0 Å². The number of halogens is 2. The summed E-state index contributed by atoms with van der Waals surface area (Å²) in [5.41, 5.74) is 0.508. The van der Waals surface area contributed by atoms with Crippen molar-refractivity contribution in [3.05, 3.63) is 18.2 Å². The lowest BCUT2D eigenvalue weighted by Crippen LogP contribution is -2.36. The molecule has 0 aliphatic carbocycles. The lowest BCUT2D eigenvalue weighted by atomic mass is 10.2. The zero-order valence-electron chi connectivity index (χ0n) is 11.9. The molecule has 0 saturated carbocycles. The van der Waals surface area contributed by atoms with Crippen molar-refractivity contribution in [3.8, 4) is 11.5 Å². The highest BCUT2D eigenvalue weighted by atomic mass is 19.3. The van der Waals surface area contributed by atoms with Crippen LogP contribution in [0, 0.1) is 0 Å². The standard InChI is InChI=1S/C14H18F2N2O3/c1-3-4-9(2)18-13(19)8-17-10-5-6-11-12(7-10)21-14(15,16)20-11/h5-7,9,17H,3-4,8H2,1-2H3,(H,18,19). The minimum absolute atomic E-state index is 0.0217. The molecule has 1 atom stereocenters. The van der Waals surface area contributed by atoms with Crippen LogP contribution in [-0.4, -0.2) is 24.8 Å². The van der Waals surface area contributed by atoms with Gasteiger partial charge in [-0.05, 0) is 25.5 Å². The quantitative estimate of drug-likeness (QED) is 0.848. The van der Waals surface area contributed by atoms with Gasteiger partial charge in [0.25, 0.3) is 0 Å². The van der Waals surface area contributed by atoms with Crippen LogP contribution in [-0.2, 0) is 4.79 Å². The first-order valence-electron chi connectivity index (χ1n) is 6.83. The number of fused-ring (bicyclic) bond motifs is 1. The number of rotatable bonds is 6. The molecule has 0 fully saturated rings. The molecule has 1 aliphatic heterocycles. The van der Waals surface area contributed by atoms with E-state index in [1.807, 2.05) is 13.8 Å². The van der Waals surface area contributed by atoms with Gasteiger partial charge in [-0.15, -0.1) is 8.78 Å². The van der Waals surface area contributed by atoms with Crippen molar-refractivity contribution in [2.75, 3.05) is 11.9 Å². The molecular weight excluding hydrogens is 282 g/mol. The van der Waals surface area contributed by atoms with Gasteiger partial charge in [0.1, 0.15) is 0 Å². The second kappa shape index (κ2) is 6.15. The molecular formula is C14H18F2N2O3. The molecule has 0 saturated heterocycles. The Labute approximate surface area is 121 Å². The molecule has 0 radical (unpaired) electrons. The van der Waals surface area contributed by atoms with E-state index in [4.69, 9.17) is 0 Å². The Balaban J connectivity index is 1.86. The van der Waals surface area contributed by atoms with Gasteiger partial charge in [0.2, 0.25) is 5.91 Å². The smallest absolute Gasteiger partial charge is 0.395 e. The fraction of sp³-hybridized carbons (Fsp3) is 0.500. The van der Waals surface area contributed by atoms with E-state index in [0.29, 0.717) is 5.69 Å². The highest BCUT2D eigenvalue weighted by Gasteiger charge is 2.43. The molecule has 1 aromatic carbocycles. The van der Waals surface area contributed by atoms with Crippen LogP contribution in [0.1, 0.15) is 26.7 Å². The van der Waals surface area contributed by atoms with Crippen LogP contribution < -0.4 is 20.1 Å². The second-order valence-corrected chi connectivity index (χ2v) is 4.94. The molecule has 5 nitrogen and oxygen atoms in total. The zero-order chi connectivity index (χ0) is 15.5. The highest BCUT2D eigenvalue weighted by molar-refractivity contribution is 5.81. The Morgan fingerprint density at radius 2 is 2.05 bits per heavy atom. The van der Waals surface area contributed by atoms with E-state index >= 15 is 0 Å². The van der Waals surface area contributed by atoms with E-state index in [-0.39, 0.29) is 30.0 Å². The zero-order valence-corrected chi connectivity index (χ0v) is 11.9. The third-order valence-electron chi connectivity index (χ3n) is 2.98. The molecule has 1 aromatic rings. The van der Waals surface area contributed by atoms with Crippen molar-refractivity contribution < 1.29 is 23.0 Å². The van der Waals surface area contributed by atoms with Gasteiger partial charge >= 0.3 is 6.29 Å². The number of nitrogens with one attached hydrogen (secondary N) is 2. The fourth-order valence-electron chi connectivity index (χ4n) is 2.07. The van der Waals surface area contributed by atoms with E-state index in [2.05, 4.69) is 20.1 Å². The predicted octanol–water partition coefficient (Wildman–Crippen LogP) is 2.72. The van der Waals surface area contributed by atoms with Crippen LogP contribution in [0.4, 0.5) is 14.5 Å². The summed E-state index contributed by atoms with van der Waals surface area (Å²) in [6, 6.07) is 4.40. The van der Waals surface area contributed by atoms with Crippen LogP contribution in [0.25, 0.3) is 0 Å². The van der Waals surface area contributed by atoms with Crippen molar-refractivity contribution in [2.24, 2.45) is 0 Å². The summed E-state index contributed by atoms with van der Waals surface area (Å²) in [5.74, 6) is -0.227. The third-order valence-corrected chi connectivity index (χ3v) is 2.98. The van der Waals surface area contributed by atoms with Crippen LogP contribution in [0.15, 0.2) is 18.2 Å². The molecule has 2 rings (SSSR count). The Kier molecular flexibility index (Phi) is 4.50. The first kappa shape index (κ1) is 15.3. The molecule has 1 unspecified atom stereocenters. The van der Waals surface area contributed by atoms with Crippen molar-refractivity contribution in [2.45, 2.75) is 39.0 Å². The summed E-state index contributed by atoms with van der Waals surface area (Å²) in [4.78, 5) is 11.7. The summed E-state index contributed by atoms with van der Waals surface area (Å²) < 4.78 is 34.4. The molecule has 0 spiro atoms. The lowest BCUT2D eigenvalue weighted by molar-refractivity contribution is -0.286. The topological polar surface area (TPSA) is 59.6 Å². The summed E-state index contributed by atoms with van der Waals surface area (Å²) in [5, 5.41) is 5.70. The number of hydrogen-bond donors (Lipinski definition) is 2. The van der Waals surface area contributed by atoms with Gasteiger partial charge in [-0.2, -0.15) is 0 Å². The molecule has 0 aromatic heterocycles. The number of hydrogen-bond acceptors (Lipinski definition) is 4. The SMILES string of the molecule is CCCC(C)NC(=O)CNc1ccc2c(c1)OC(F)(F)O2. The van der Waals surface area contributed by atoms with Crippen LogP contribution >= 0.6 is 0 Å². The number of carbonyl (C=O) groups excluding carboxylic acids is 1. The molecule has 2 N–H and O–H groups in total. The van der Waals surface area contributed by atoms with Gasteiger partial charge in [-0.3, -0.25) is 4.79 Å². The minimum Gasteiger partial charge on any atom is -0.395 e. The maximum Gasteiger partial charge on any atom is 0.586 e. The van der Waals surface area contributed by atoms with Crippen LogP contribution in [0.2, 0.25) is 0 Å². The van der Waals surface area contributed by atoms with E-state index in [0.717, 1.165) is 12.8 Å². The number of benzene rings is 1. The summed E-state index contributed by atoms with van der Waals surface area (Å²) in [7, 11) is 0. The molecule has 0 bridgehead atoms. The van der Waals surface area contributed by atoms with Crippen molar-refractivity contribution in [1.29, 1.82) is 0 Å². The van der Waals surface area contributed by atoms with E-state index in [9.17, 15) is 13.6 Å². The third kappa shape index (κ3) is 4.21. The molecule has 1 aliphatic rings. The predicted molar refractivity (Wildman–Crippen MR) is 73.6 cm³/mol. The van der Waals surface area contributed by atoms with Crippen molar-refractivity contribution in [1.82, 2.24) is 5.32 Å². The highest BCUT2D eigenvalue weighted by Crippen LogP contribution is 2.42. The maximum atomic E-state index is 12.9.